The van der Waals surface area contributed by atoms with Crippen molar-refractivity contribution in [2.75, 3.05) is 24.6 Å². The van der Waals surface area contributed by atoms with Gasteiger partial charge >= 0.3 is 0 Å². The van der Waals surface area contributed by atoms with E-state index in [4.69, 9.17) is 0 Å². The summed E-state index contributed by atoms with van der Waals surface area (Å²) >= 11 is 0. The van der Waals surface area contributed by atoms with Gasteiger partial charge in [-0.1, -0.05) is 25.8 Å². The van der Waals surface area contributed by atoms with Crippen molar-refractivity contribution in [2.24, 2.45) is 0 Å². The van der Waals surface area contributed by atoms with Crippen molar-refractivity contribution in [3.05, 3.63) is 29.6 Å². The van der Waals surface area contributed by atoms with Crippen LogP contribution in [0.2, 0.25) is 0 Å². The maximum atomic E-state index is 14.4. The van der Waals surface area contributed by atoms with E-state index in [-0.39, 0.29) is 24.5 Å². The van der Waals surface area contributed by atoms with Crippen LogP contribution in [0.5, 0.6) is 0 Å². The lowest BCUT2D eigenvalue weighted by atomic mass is 10.0. The smallest absolute Gasteiger partial charge is 0.130 e. The third-order valence-electron chi connectivity index (χ3n) is 4.37. The van der Waals surface area contributed by atoms with Crippen LogP contribution in [-0.2, 0) is 0 Å². The molecule has 1 aromatic carbocycles. The van der Waals surface area contributed by atoms with Crippen LogP contribution in [0, 0.1) is 5.82 Å². The largest absolute Gasteiger partial charge is 0.394 e. The van der Waals surface area contributed by atoms with Crippen molar-refractivity contribution in [3.8, 4) is 0 Å². The van der Waals surface area contributed by atoms with Crippen LogP contribution in [0.25, 0.3) is 0 Å². The number of anilines is 1. The van der Waals surface area contributed by atoms with Crippen molar-refractivity contribution in [1.82, 2.24) is 5.32 Å². The Kier molecular flexibility index (Phi) is 6.00. The molecule has 0 radical (unpaired) electrons. The van der Waals surface area contributed by atoms with Crippen molar-refractivity contribution < 1.29 is 9.50 Å². The first-order valence-electron chi connectivity index (χ1n) is 8.08. The second-order valence-corrected chi connectivity index (χ2v) is 5.83. The standard InChI is InChI=1S/C17H27FN2O/c1-3-19-13(2)17-15(18)9-7-10-16(17)20-11-6-4-5-8-14(20)12-21/h7,9-10,13-14,19,21H,3-6,8,11-12H2,1-2H3. The molecule has 1 fully saturated rings. The zero-order chi connectivity index (χ0) is 15.2. The van der Waals surface area contributed by atoms with Gasteiger partial charge in [-0.15, -0.1) is 0 Å². The first kappa shape index (κ1) is 16.2. The van der Waals surface area contributed by atoms with Gasteiger partial charge < -0.3 is 15.3 Å². The molecule has 1 aromatic rings. The van der Waals surface area contributed by atoms with Crippen LogP contribution in [0.3, 0.4) is 0 Å². The number of rotatable bonds is 5. The SMILES string of the molecule is CCNC(C)c1c(F)cccc1N1CCCCCC1CO. The number of hydrogen-bond acceptors (Lipinski definition) is 3. The fourth-order valence-corrected chi connectivity index (χ4v) is 3.30. The fraction of sp³-hybridized carbons (Fsp3) is 0.647. The predicted octanol–water partition coefficient (Wildman–Crippen LogP) is 3.24. The van der Waals surface area contributed by atoms with E-state index < -0.39 is 0 Å². The van der Waals surface area contributed by atoms with Crippen LogP contribution >= 0.6 is 0 Å². The highest BCUT2D eigenvalue weighted by molar-refractivity contribution is 5.56. The van der Waals surface area contributed by atoms with Crippen molar-refractivity contribution >= 4 is 5.69 Å². The molecule has 1 heterocycles. The van der Waals surface area contributed by atoms with Crippen LogP contribution in [0.4, 0.5) is 10.1 Å². The number of nitrogens with zero attached hydrogens (tertiary/aromatic N) is 1. The van der Waals surface area contributed by atoms with E-state index in [0.29, 0.717) is 0 Å². The Morgan fingerprint density at radius 2 is 2.19 bits per heavy atom. The van der Waals surface area contributed by atoms with E-state index in [0.717, 1.165) is 43.6 Å². The molecule has 1 aliphatic rings. The summed E-state index contributed by atoms with van der Waals surface area (Å²) in [6, 6.07) is 5.35. The molecule has 1 saturated heterocycles. The first-order chi connectivity index (χ1) is 10.2. The number of benzene rings is 1. The molecule has 0 aliphatic carbocycles. The van der Waals surface area contributed by atoms with Crippen LogP contribution in [0.1, 0.15) is 51.1 Å². The molecule has 0 amide bonds. The summed E-state index contributed by atoms with van der Waals surface area (Å²) in [6.07, 6.45) is 4.39. The van der Waals surface area contributed by atoms with E-state index in [9.17, 15) is 9.50 Å². The quantitative estimate of drug-likeness (QED) is 0.875. The van der Waals surface area contributed by atoms with Crippen LogP contribution in [0.15, 0.2) is 18.2 Å². The molecule has 2 unspecified atom stereocenters. The summed E-state index contributed by atoms with van der Waals surface area (Å²) in [5, 5.41) is 13.0. The summed E-state index contributed by atoms with van der Waals surface area (Å²) in [5.41, 5.74) is 1.66. The lowest BCUT2D eigenvalue weighted by molar-refractivity contribution is 0.255. The Bertz CT molecular complexity index is 452. The van der Waals surface area contributed by atoms with Crippen LogP contribution in [-0.4, -0.2) is 30.8 Å². The maximum Gasteiger partial charge on any atom is 0.130 e. The Morgan fingerprint density at radius 3 is 2.90 bits per heavy atom. The topological polar surface area (TPSA) is 35.5 Å². The average Bonchev–Trinajstić information content (AvgIpc) is 2.72. The molecular weight excluding hydrogens is 267 g/mol. The zero-order valence-corrected chi connectivity index (χ0v) is 13.1. The lowest BCUT2D eigenvalue weighted by Gasteiger charge is -2.34. The van der Waals surface area contributed by atoms with Gasteiger partial charge in [-0.05, 0) is 38.4 Å². The maximum absolute atomic E-state index is 14.4. The number of aliphatic hydroxyl groups excluding tert-OH is 1. The summed E-state index contributed by atoms with van der Waals surface area (Å²) in [6.45, 7) is 5.85. The molecular formula is C17H27FN2O. The number of hydrogen-bond donors (Lipinski definition) is 2. The normalized spacial score (nSPS) is 21.1. The van der Waals surface area contributed by atoms with Gasteiger partial charge in [-0.25, -0.2) is 4.39 Å². The van der Waals surface area contributed by atoms with Crippen molar-refractivity contribution in [3.63, 3.8) is 0 Å². The average molecular weight is 294 g/mol. The third kappa shape index (κ3) is 3.74. The van der Waals surface area contributed by atoms with Gasteiger partial charge in [0.2, 0.25) is 0 Å². The number of aliphatic hydroxyl groups is 1. The number of halogens is 1. The predicted molar refractivity (Wildman–Crippen MR) is 85.2 cm³/mol. The minimum Gasteiger partial charge on any atom is -0.394 e. The molecule has 1 aliphatic heterocycles. The van der Waals surface area contributed by atoms with E-state index >= 15 is 0 Å². The Labute approximate surface area is 127 Å². The molecule has 2 N–H and O–H groups in total. The van der Waals surface area contributed by atoms with Gasteiger partial charge in [0.15, 0.2) is 0 Å². The van der Waals surface area contributed by atoms with E-state index in [1.807, 2.05) is 19.9 Å². The monoisotopic (exact) mass is 294 g/mol. The summed E-state index contributed by atoms with van der Waals surface area (Å²) in [7, 11) is 0. The second kappa shape index (κ2) is 7.76. The Hall–Kier alpha value is -1.13. The molecule has 0 aromatic heterocycles. The van der Waals surface area contributed by atoms with Gasteiger partial charge in [-0.2, -0.15) is 0 Å². The highest BCUT2D eigenvalue weighted by atomic mass is 19.1. The highest BCUT2D eigenvalue weighted by Crippen LogP contribution is 2.32. The summed E-state index contributed by atoms with van der Waals surface area (Å²) < 4.78 is 14.4. The Morgan fingerprint density at radius 1 is 1.38 bits per heavy atom. The van der Waals surface area contributed by atoms with Gasteiger partial charge in [0.1, 0.15) is 5.82 Å². The molecule has 2 rings (SSSR count). The highest BCUT2D eigenvalue weighted by Gasteiger charge is 2.25. The molecule has 0 saturated carbocycles. The van der Waals surface area contributed by atoms with Gasteiger partial charge in [0, 0.05) is 23.8 Å². The third-order valence-corrected chi connectivity index (χ3v) is 4.37. The van der Waals surface area contributed by atoms with E-state index in [1.165, 1.54) is 12.5 Å². The molecule has 0 spiro atoms. The van der Waals surface area contributed by atoms with Crippen LogP contribution < -0.4 is 10.2 Å². The molecule has 2 atom stereocenters. The van der Waals surface area contributed by atoms with Gasteiger partial charge in [0.25, 0.3) is 0 Å². The van der Waals surface area contributed by atoms with E-state index in [2.05, 4.69) is 10.2 Å². The summed E-state index contributed by atoms with van der Waals surface area (Å²) in [4.78, 5) is 2.21. The fourth-order valence-electron chi connectivity index (χ4n) is 3.30. The Balaban J connectivity index is 2.38. The van der Waals surface area contributed by atoms with Gasteiger partial charge in [0.05, 0.1) is 12.6 Å². The second-order valence-electron chi connectivity index (χ2n) is 5.83. The number of nitrogens with one attached hydrogen (secondary N) is 1. The van der Waals surface area contributed by atoms with Crippen molar-refractivity contribution in [2.45, 2.75) is 51.6 Å². The summed E-state index contributed by atoms with van der Waals surface area (Å²) in [5.74, 6) is -0.165. The van der Waals surface area contributed by atoms with E-state index in [1.54, 1.807) is 6.07 Å². The molecule has 118 valence electrons. The molecule has 4 heteroatoms. The molecule has 3 nitrogen and oxygen atoms in total. The van der Waals surface area contributed by atoms with Crippen molar-refractivity contribution in [1.29, 1.82) is 0 Å². The van der Waals surface area contributed by atoms with Gasteiger partial charge in [-0.3, -0.25) is 0 Å². The molecule has 0 bridgehead atoms. The minimum absolute atomic E-state index is 0.0335. The zero-order valence-electron chi connectivity index (χ0n) is 13.1. The molecule has 21 heavy (non-hydrogen) atoms. The lowest BCUT2D eigenvalue weighted by Crippen LogP contribution is -2.39. The first-order valence-corrected chi connectivity index (χ1v) is 8.08. The minimum atomic E-state index is -0.165.